The van der Waals surface area contributed by atoms with Crippen LogP contribution in [0.15, 0.2) is 76.1 Å². The number of aromatic hydroxyl groups is 1. The molecule has 2 aromatic carbocycles. The molecule has 2 atom stereocenters. The minimum atomic E-state index is -0.963. The average molecular weight is 421 g/mol. The molecule has 1 heterocycles. The van der Waals surface area contributed by atoms with Crippen LogP contribution in [0.3, 0.4) is 0 Å². The van der Waals surface area contributed by atoms with E-state index in [0.29, 0.717) is 6.42 Å². The van der Waals surface area contributed by atoms with Crippen LogP contribution in [0.4, 0.5) is 0 Å². The van der Waals surface area contributed by atoms with Gasteiger partial charge in [-0.15, -0.1) is 0 Å². The van der Waals surface area contributed by atoms with Crippen LogP contribution in [0.5, 0.6) is 5.75 Å². The monoisotopic (exact) mass is 421 g/mol. The molecule has 0 radical (unpaired) electrons. The molecule has 0 fully saturated rings. The van der Waals surface area contributed by atoms with E-state index in [0.717, 1.165) is 29.0 Å². The number of carbonyl (C=O) groups excluding carboxylic acids is 1. The molecular formula is C24H23NO6. The molecule has 3 N–H and O–H groups in total. The third-order valence-electron chi connectivity index (χ3n) is 4.97. The highest BCUT2D eigenvalue weighted by Gasteiger charge is 2.22. The molecule has 0 saturated carbocycles. The highest BCUT2D eigenvalue weighted by Crippen LogP contribution is 2.21. The van der Waals surface area contributed by atoms with E-state index in [9.17, 15) is 24.6 Å². The lowest BCUT2D eigenvalue weighted by Gasteiger charge is -2.21. The van der Waals surface area contributed by atoms with Crippen LogP contribution in [-0.2, 0) is 11.2 Å². The highest BCUT2D eigenvalue weighted by molar-refractivity contribution is 5.91. The fourth-order valence-electron chi connectivity index (χ4n) is 3.25. The lowest BCUT2D eigenvalue weighted by atomic mass is 9.95. The van der Waals surface area contributed by atoms with E-state index in [1.165, 1.54) is 0 Å². The number of rotatable bonds is 8. The number of carbonyl (C=O) groups is 2. The standard InChI is InChI=1S/C24H23NO6/c1-15(24(29)30)11-19(25-23(28)22-13-20(26)21(27)14-31-22)12-16-7-9-18(10-8-16)17-5-3-2-4-6-17/h2-10,13-15,19,27H,11-12H2,1H3,(H,25,28)(H,29,30)/t15-,19?/m1/s1. The lowest BCUT2D eigenvalue weighted by Crippen LogP contribution is -2.38. The number of amides is 1. The van der Waals surface area contributed by atoms with Crippen LogP contribution < -0.4 is 10.7 Å². The van der Waals surface area contributed by atoms with Crippen LogP contribution >= 0.6 is 0 Å². The number of hydrogen-bond acceptors (Lipinski definition) is 5. The second-order valence-corrected chi connectivity index (χ2v) is 7.41. The molecule has 0 aliphatic carbocycles. The van der Waals surface area contributed by atoms with Gasteiger partial charge in [0.1, 0.15) is 6.26 Å². The van der Waals surface area contributed by atoms with Gasteiger partial charge in [0.2, 0.25) is 5.43 Å². The van der Waals surface area contributed by atoms with E-state index in [-0.39, 0.29) is 12.2 Å². The Kier molecular flexibility index (Phi) is 6.87. The first-order valence-corrected chi connectivity index (χ1v) is 9.83. The Labute approximate surface area is 179 Å². The minimum absolute atomic E-state index is 0.198. The maximum absolute atomic E-state index is 12.5. The Morgan fingerprint density at radius 2 is 1.68 bits per heavy atom. The van der Waals surface area contributed by atoms with Crippen molar-refractivity contribution < 1.29 is 24.2 Å². The van der Waals surface area contributed by atoms with E-state index in [1.54, 1.807) is 6.92 Å². The van der Waals surface area contributed by atoms with Crippen molar-refractivity contribution in [3.63, 3.8) is 0 Å². The zero-order valence-electron chi connectivity index (χ0n) is 16.9. The van der Waals surface area contributed by atoms with Crippen molar-refractivity contribution >= 4 is 11.9 Å². The third-order valence-corrected chi connectivity index (χ3v) is 4.97. The lowest BCUT2D eigenvalue weighted by molar-refractivity contribution is -0.141. The second-order valence-electron chi connectivity index (χ2n) is 7.41. The normalized spacial score (nSPS) is 12.7. The van der Waals surface area contributed by atoms with E-state index in [4.69, 9.17) is 4.42 Å². The molecule has 7 heteroatoms. The van der Waals surface area contributed by atoms with Crippen LogP contribution in [0.2, 0.25) is 0 Å². The molecule has 1 amide bonds. The molecule has 1 unspecified atom stereocenters. The largest absolute Gasteiger partial charge is 0.502 e. The van der Waals surface area contributed by atoms with Gasteiger partial charge in [0.25, 0.3) is 5.91 Å². The summed E-state index contributed by atoms with van der Waals surface area (Å²) in [4.78, 5) is 35.4. The predicted octanol–water partition coefficient (Wildman–Crippen LogP) is 3.46. The van der Waals surface area contributed by atoms with Gasteiger partial charge in [-0.05, 0) is 29.5 Å². The number of benzene rings is 2. The first-order valence-electron chi connectivity index (χ1n) is 9.83. The first kappa shape index (κ1) is 21.8. The Hall–Kier alpha value is -3.87. The van der Waals surface area contributed by atoms with Crippen molar-refractivity contribution in [1.82, 2.24) is 5.32 Å². The summed E-state index contributed by atoms with van der Waals surface area (Å²) in [7, 11) is 0. The molecule has 0 saturated heterocycles. The number of aliphatic carboxylic acids is 1. The molecule has 31 heavy (non-hydrogen) atoms. The minimum Gasteiger partial charge on any atom is -0.502 e. The summed E-state index contributed by atoms with van der Waals surface area (Å²) in [5.41, 5.74) is 2.33. The first-order chi connectivity index (χ1) is 14.8. The number of carboxylic acids is 1. The topological polar surface area (TPSA) is 117 Å². The summed E-state index contributed by atoms with van der Waals surface area (Å²) in [6, 6.07) is 18.1. The summed E-state index contributed by atoms with van der Waals surface area (Å²) >= 11 is 0. The zero-order chi connectivity index (χ0) is 22.4. The molecular weight excluding hydrogens is 398 g/mol. The smallest absolute Gasteiger partial charge is 0.306 e. The molecule has 0 bridgehead atoms. The van der Waals surface area contributed by atoms with Gasteiger partial charge in [-0.1, -0.05) is 61.5 Å². The second kappa shape index (κ2) is 9.75. The van der Waals surface area contributed by atoms with E-state index >= 15 is 0 Å². The van der Waals surface area contributed by atoms with Crippen LogP contribution in [-0.4, -0.2) is 28.1 Å². The molecule has 1 aromatic heterocycles. The zero-order valence-corrected chi connectivity index (χ0v) is 16.9. The van der Waals surface area contributed by atoms with Gasteiger partial charge in [-0.3, -0.25) is 14.4 Å². The van der Waals surface area contributed by atoms with Crippen molar-refractivity contribution in [2.45, 2.75) is 25.8 Å². The summed E-state index contributed by atoms with van der Waals surface area (Å²) in [5.74, 6) is -3.14. The Morgan fingerprint density at radius 1 is 1.03 bits per heavy atom. The average Bonchev–Trinajstić information content (AvgIpc) is 2.76. The third kappa shape index (κ3) is 5.82. The number of nitrogens with one attached hydrogen (secondary N) is 1. The Bertz CT molecular complexity index is 1100. The maximum atomic E-state index is 12.5. The maximum Gasteiger partial charge on any atom is 0.306 e. The van der Waals surface area contributed by atoms with Crippen LogP contribution in [0.25, 0.3) is 11.1 Å². The molecule has 0 aliphatic heterocycles. The number of carboxylic acid groups (broad SMARTS) is 1. The van der Waals surface area contributed by atoms with Crippen molar-refractivity contribution in [2.75, 3.05) is 0 Å². The summed E-state index contributed by atoms with van der Waals surface area (Å²) in [6.45, 7) is 1.57. The fraction of sp³-hybridized carbons (Fsp3) is 0.208. The van der Waals surface area contributed by atoms with Crippen molar-refractivity contribution in [3.05, 3.63) is 88.5 Å². The van der Waals surface area contributed by atoms with Gasteiger partial charge in [0, 0.05) is 12.1 Å². The van der Waals surface area contributed by atoms with Crippen LogP contribution in [0.1, 0.15) is 29.5 Å². The highest BCUT2D eigenvalue weighted by atomic mass is 16.4. The molecule has 3 rings (SSSR count). The van der Waals surface area contributed by atoms with E-state index in [2.05, 4.69) is 5.32 Å². The van der Waals surface area contributed by atoms with Gasteiger partial charge in [-0.2, -0.15) is 0 Å². The van der Waals surface area contributed by atoms with Gasteiger partial charge in [0.15, 0.2) is 11.5 Å². The predicted molar refractivity (Wildman–Crippen MR) is 115 cm³/mol. The summed E-state index contributed by atoms with van der Waals surface area (Å²) in [6.07, 6.45) is 1.40. The van der Waals surface area contributed by atoms with Gasteiger partial charge in [-0.25, -0.2) is 0 Å². The molecule has 3 aromatic rings. The Morgan fingerprint density at radius 3 is 2.29 bits per heavy atom. The van der Waals surface area contributed by atoms with E-state index < -0.39 is 35.0 Å². The summed E-state index contributed by atoms with van der Waals surface area (Å²) in [5, 5.41) is 21.3. The van der Waals surface area contributed by atoms with Crippen molar-refractivity contribution in [2.24, 2.45) is 5.92 Å². The van der Waals surface area contributed by atoms with Crippen molar-refractivity contribution in [1.29, 1.82) is 0 Å². The SMILES string of the molecule is C[C@H](CC(Cc1ccc(-c2ccccc2)cc1)NC(=O)c1cc(=O)c(O)co1)C(=O)O. The molecule has 160 valence electrons. The molecule has 0 spiro atoms. The van der Waals surface area contributed by atoms with Crippen LogP contribution in [0, 0.1) is 5.92 Å². The van der Waals surface area contributed by atoms with Crippen molar-refractivity contribution in [3.8, 4) is 16.9 Å². The van der Waals surface area contributed by atoms with E-state index in [1.807, 2.05) is 54.6 Å². The van der Waals surface area contributed by atoms with Gasteiger partial charge >= 0.3 is 5.97 Å². The summed E-state index contributed by atoms with van der Waals surface area (Å²) < 4.78 is 4.99. The van der Waals surface area contributed by atoms with Gasteiger partial charge < -0.3 is 19.9 Å². The quantitative estimate of drug-likeness (QED) is 0.513. The molecule has 7 nitrogen and oxygen atoms in total. The Balaban J connectivity index is 1.76. The van der Waals surface area contributed by atoms with Gasteiger partial charge in [0.05, 0.1) is 5.92 Å². The fourth-order valence-corrected chi connectivity index (χ4v) is 3.25. The molecule has 0 aliphatic rings. The number of hydrogen-bond donors (Lipinski definition) is 3.